The van der Waals surface area contributed by atoms with Gasteiger partial charge in [-0.1, -0.05) is 13.8 Å². The molecule has 0 saturated carbocycles. The van der Waals surface area contributed by atoms with Crippen LogP contribution in [-0.4, -0.2) is 26.5 Å². The topological polar surface area (TPSA) is 85.1 Å². The molecule has 1 rings (SSSR count). The molecular formula is C12H21N3O2S. The van der Waals surface area contributed by atoms with Crippen LogP contribution in [0.4, 0.5) is 0 Å². The summed E-state index contributed by atoms with van der Waals surface area (Å²) in [6.45, 7) is 4.34. The molecule has 0 aliphatic heterocycles. The third-order valence-corrected chi connectivity index (χ3v) is 3.64. The number of nitrogens with two attached hydrogens (primary N) is 1. The van der Waals surface area contributed by atoms with Crippen molar-refractivity contribution in [1.29, 1.82) is 0 Å². The highest BCUT2D eigenvalue weighted by atomic mass is 32.2. The van der Waals surface area contributed by atoms with E-state index >= 15 is 0 Å². The van der Waals surface area contributed by atoms with Gasteiger partial charge in [-0.3, -0.25) is 4.98 Å². The van der Waals surface area contributed by atoms with Crippen LogP contribution in [0.1, 0.15) is 26.0 Å². The Morgan fingerprint density at radius 3 is 2.44 bits per heavy atom. The molecule has 0 aliphatic rings. The minimum Gasteiger partial charge on any atom is -0.317 e. The fourth-order valence-electron chi connectivity index (χ4n) is 1.82. The first-order valence-electron chi connectivity index (χ1n) is 5.98. The highest BCUT2D eigenvalue weighted by Gasteiger charge is 2.12. The zero-order valence-electron chi connectivity index (χ0n) is 11.1. The van der Waals surface area contributed by atoms with Crippen LogP contribution in [0.3, 0.4) is 0 Å². The summed E-state index contributed by atoms with van der Waals surface area (Å²) in [6.07, 6.45) is 3.14. The van der Waals surface area contributed by atoms with Crippen molar-refractivity contribution < 1.29 is 8.42 Å². The quantitative estimate of drug-likeness (QED) is 0.805. The summed E-state index contributed by atoms with van der Waals surface area (Å²) < 4.78 is 22.2. The fraction of sp³-hybridized carbons (Fsp3) is 0.583. The molecule has 6 heteroatoms. The Balaban J connectivity index is 2.74. The van der Waals surface area contributed by atoms with E-state index in [1.807, 2.05) is 7.05 Å². The highest BCUT2D eigenvalue weighted by Crippen LogP contribution is 2.11. The van der Waals surface area contributed by atoms with E-state index in [2.05, 4.69) is 24.1 Å². The molecule has 1 atom stereocenters. The maximum Gasteiger partial charge on any atom is 0.239 e. The van der Waals surface area contributed by atoms with Crippen LogP contribution in [-0.2, 0) is 16.4 Å². The van der Waals surface area contributed by atoms with E-state index in [1.54, 1.807) is 6.07 Å². The van der Waals surface area contributed by atoms with Crippen LogP contribution in [0, 0.1) is 5.92 Å². The maximum atomic E-state index is 11.1. The lowest BCUT2D eigenvalue weighted by atomic mass is 10.00. The third kappa shape index (κ3) is 4.72. The predicted octanol–water partition coefficient (Wildman–Crippen LogP) is 0.906. The lowest BCUT2D eigenvalue weighted by Crippen LogP contribution is -2.29. The van der Waals surface area contributed by atoms with Gasteiger partial charge in [-0.05, 0) is 31.5 Å². The van der Waals surface area contributed by atoms with Crippen LogP contribution in [0.5, 0.6) is 0 Å². The Morgan fingerprint density at radius 1 is 1.39 bits per heavy atom. The normalized spacial score (nSPS) is 13.8. The second kappa shape index (κ2) is 6.26. The zero-order valence-corrected chi connectivity index (χ0v) is 11.9. The Labute approximate surface area is 109 Å². The van der Waals surface area contributed by atoms with Crippen LogP contribution < -0.4 is 10.5 Å². The van der Waals surface area contributed by atoms with Crippen molar-refractivity contribution >= 4 is 10.0 Å². The van der Waals surface area contributed by atoms with E-state index in [0.717, 1.165) is 18.5 Å². The molecule has 1 unspecified atom stereocenters. The van der Waals surface area contributed by atoms with E-state index in [0.29, 0.717) is 12.0 Å². The number of pyridine rings is 1. The van der Waals surface area contributed by atoms with Crippen molar-refractivity contribution in [2.75, 3.05) is 7.05 Å². The summed E-state index contributed by atoms with van der Waals surface area (Å²) in [5, 5.41) is 8.26. The summed E-state index contributed by atoms with van der Waals surface area (Å²) in [6, 6.07) is 3.56. The van der Waals surface area contributed by atoms with Crippen molar-refractivity contribution in [3.63, 3.8) is 0 Å². The lowest BCUT2D eigenvalue weighted by molar-refractivity contribution is 0.438. The van der Waals surface area contributed by atoms with Gasteiger partial charge in [0.05, 0.1) is 0 Å². The number of nitrogens with one attached hydrogen (secondary N) is 1. The molecule has 0 aromatic carbocycles. The van der Waals surface area contributed by atoms with Gasteiger partial charge < -0.3 is 5.32 Å². The lowest BCUT2D eigenvalue weighted by Gasteiger charge is -2.17. The van der Waals surface area contributed by atoms with Gasteiger partial charge in [0.15, 0.2) is 0 Å². The molecule has 0 amide bonds. The van der Waals surface area contributed by atoms with Gasteiger partial charge in [0.1, 0.15) is 4.90 Å². The fourth-order valence-corrected chi connectivity index (χ4v) is 2.28. The van der Waals surface area contributed by atoms with E-state index in [9.17, 15) is 8.42 Å². The monoisotopic (exact) mass is 271 g/mol. The standard InChI is InChI=1S/C12H21N3O2S/c1-9(2)6-11(14-3)7-10-4-5-12(8-15-10)18(13,16)17/h4-5,8-9,11,14H,6-7H2,1-3H3,(H2,13,16,17). The highest BCUT2D eigenvalue weighted by molar-refractivity contribution is 7.89. The van der Waals surface area contributed by atoms with Gasteiger partial charge in [-0.2, -0.15) is 0 Å². The predicted molar refractivity (Wildman–Crippen MR) is 71.6 cm³/mol. The van der Waals surface area contributed by atoms with Crippen LogP contribution >= 0.6 is 0 Å². The molecule has 102 valence electrons. The Bertz CT molecular complexity index is 469. The summed E-state index contributed by atoms with van der Waals surface area (Å²) in [5.74, 6) is 0.603. The van der Waals surface area contributed by atoms with Crippen LogP contribution in [0.25, 0.3) is 0 Å². The molecule has 0 radical (unpaired) electrons. The van der Waals surface area contributed by atoms with E-state index < -0.39 is 10.0 Å². The molecule has 3 N–H and O–H groups in total. The first-order chi connectivity index (χ1) is 8.32. The molecule has 18 heavy (non-hydrogen) atoms. The zero-order chi connectivity index (χ0) is 13.8. The van der Waals surface area contributed by atoms with E-state index in [4.69, 9.17) is 5.14 Å². The SMILES string of the molecule is CNC(Cc1ccc(S(N)(=O)=O)cn1)CC(C)C. The summed E-state index contributed by atoms with van der Waals surface area (Å²) in [7, 11) is -1.73. The smallest absolute Gasteiger partial charge is 0.239 e. The van der Waals surface area contributed by atoms with E-state index in [1.165, 1.54) is 12.3 Å². The molecule has 1 heterocycles. The van der Waals surface area contributed by atoms with Gasteiger partial charge >= 0.3 is 0 Å². The molecule has 0 aliphatic carbocycles. The number of hydrogen-bond donors (Lipinski definition) is 2. The molecule has 0 spiro atoms. The molecule has 0 saturated heterocycles. The minimum absolute atomic E-state index is 0.0520. The van der Waals surface area contributed by atoms with Crippen molar-refractivity contribution in [1.82, 2.24) is 10.3 Å². The van der Waals surface area contributed by atoms with Crippen LogP contribution in [0.15, 0.2) is 23.2 Å². The number of aromatic nitrogens is 1. The van der Waals surface area contributed by atoms with Gasteiger partial charge in [0.25, 0.3) is 0 Å². The molecule has 5 nitrogen and oxygen atoms in total. The van der Waals surface area contributed by atoms with Gasteiger partial charge in [-0.25, -0.2) is 13.6 Å². The molecule has 0 fully saturated rings. The largest absolute Gasteiger partial charge is 0.317 e. The summed E-state index contributed by atoms with van der Waals surface area (Å²) in [5.41, 5.74) is 0.863. The van der Waals surface area contributed by atoms with Gasteiger partial charge in [0.2, 0.25) is 10.0 Å². The number of likely N-dealkylation sites (N-methyl/N-ethyl adjacent to an activating group) is 1. The number of nitrogens with zero attached hydrogens (tertiary/aromatic N) is 1. The maximum absolute atomic E-state index is 11.1. The summed E-state index contributed by atoms with van der Waals surface area (Å²) in [4.78, 5) is 4.19. The Hall–Kier alpha value is -0.980. The number of primary sulfonamides is 1. The molecule has 0 bridgehead atoms. The second-order valence-electron chi connectivity index (χ2n) is 4.85. The van der Waals surface area contributed by atoms with Crippen molar-refractivity contribution in [2.24, 2.45) is 11.1 Å². The Kier molecular flexibility index (Phi) is 5.25. The van der Waals surface area contributed by atoms with E-state index in [-0.39, 0.29) is 4.90 Å². The molecular weight excluding hydrogens is 250 g/mol. The summed E-state index contributed by atoms with van der Waals surface area (Å²) >= 11 is 0. The first kappa shape index (κ1) is 15.1. The van der Waals surface area contributed by atoms with Crippen molar-refractivity contribution in [2.45, 2.75) is 37.6 Å². The third-order valence-electron chi connectivity index (χ3n) is 2.75. The Morgan fingerprint density at radius 2 is 2.06 bits per heavy atom. The van der Waals surface area contributed by atoms with Crippen molar-refractivity contribution in [3.05, 3.63) is 24.0 Å². The van der Waals surface area contributed by atoms with Crippen molar-refractivity contribution in [3.8, 4) is 0 Å². The van der Waals surface area contributed by atoms with Crippen LogP contribution in [0.2, 0.25) is 0 Å². The number of hydrogen-bond acceptors (Lipinski definition) is 4. The second-order valence-corrected chi connectivity index (χ2v) is 6.41. The average molecular weight is 271 g/mol. The van der Waals surface area contributed by atoms with Gasteiger partial charge in [-0.15, -0.1) is 0 Å². The molecule has 1 aromatic rings. The minimum atomic E-state index is -3.65. The average Bonchev–Trinajstić information content (AvgIpc) is 2.27. The molecule has 1 aromatic heterocycles. The van der Waals surface area contributed by atoms with Gasteiger partial charge in [0, 0.05) is 24.4 Å². The number of rotatable bonds is 6. The first-order valence-corrected chi connectivity index (χ1v) is 7.52. The number of sulfonamides is 1.